The van der Waals surface area contributed by atoms with Gasteiger partial charge in [-0.3, -0.25) is 9.59 Å². The number of thioether (sulfide) groups is 1. The van der Waals surface area contributed by atoms with Crippen molar-refractivity contribution in [3.05, 3.63) is 29.8 Å². The Morgan fingerprint density at radius 3 is 2.84 bits per heavy atom. The minimum absolute atomic E-state index is 0.0410. The first-order chi connectivity index (χ1) is 9.06. The maximum atomic E-state index is 13.3. The van der Waals surface area contributed by atoms with E-state index in [1.807, 2.05) is 0 Å². The highest BCUT2D eigenvalue weighted by Crippen LogP contribution is 2.18. The highest BCUT2D eigenvalue weighted by Gasteiger charge is 2.21. The molecule has 19 heavy (non-hydrogen) atoms. The molecule has 1 aliphatic rings. The molecular weight excluding hydrogens is 274 g/mol. The van der Waals surface area contributed by atoms with Crippen LogP contribution < -0.4 is 5.32 Å². The molecule has 0 atom stereocenters. The summed E-state index contributed by atoms with van der Waals surface area (Å²) in [5.41, 5.74) is -0.0616. The van der Waals surface area contributed by atoms with Crippen molar-refractivity contribution < 1.29 is 18.4 Å². The van der Waals surface area contributed by atoms with Crippen molar-refractivity contribution in [2.24, 2.45) is 0 Å². The van der Waals surface area contributed by atoms with E-state index in [9.17, 15) is 18.4 Å². The summed E-state index contributed by atoms with van der Waals surface area (Å²) in [5.74, 6) is -1.20. The average molecular weight is 286 g/mol. The molecule has 1 N–H and O–H groups in total. The summed E-state index contributed by atoms with van der Waals surface area (Å²) in [6.07, 6.45) is 0.0864. The Hall–Kier alpha value is -1.63. The van der Waals surface area contributed by atoms with E-state index in [1.54, 1.807) is 4.90 Å². The van der Waals surface area contributed by atoms with Crippen LogP contribution in [0.15, 0.2) is 18.2 Å². The molecule has 2 amide bonds. The van der Waals surface area contributed by atoms with Crippen molar-refractivity contribution >= 4 is 28.6 Å². The van der Waals surface area contributed by atoms with Crippen molar-refractivity contribution in [2.75, 3.05) is 24.2 Å². The maximum Gasteiger partial charge on any atom is 0.281 e. The lowest BCUT2D eigenvalue weighted by molar-refractivity contribution is -0.116. The minimum Gasteiger partial charge on any atom is -0.332 e. The predicted molar refractivity (Wildman–Crippen MR) is 69.0 cm³/mol. The summed E-state index contributed by atoms with van der Waals surface area (Å²) in [5, 5.41) is 2.31. The zero-order valence-electron chi connectivity index (χ0n) is 9.99. The highest BCUT2D eigenvalue weighted by molar-refractivity contribution is 8.13. The number of nitrogens with one attached hydrogen (secondary N) is 1. The van der Waals surface area contributed by atoms with E-state index < -0.39 is 17.5 Å². The number of hydrogen-bond acceptors (Lipinski definition) is 3. The SMILES string of the molecule is O=C(CCN1CCSC1=O)Nc1ccc(F)cc1F. The highest BCUT2D eigenvalue weighted by atomic mass is 32.2. The van der Waals surface area contributed by atoms with Crippen LogP contribution in [-0.2, 0) is 4.79 Å². The second-order valence-electron chi connectivity index (χ2n) is 4.02. The summed E-state index contributed by atoms with van der Waals surface area (Å²) < 4.78 is 26.0. The monoisotopic (exact) mass is 286 g/mol. The van der Waals surface area contributed by atoms with Gasteiger partial charge in [-0.05, 0) is 12.1 Å². The lowest BCUT2D eigenvalue weighted by atomic mass is 10.2. The van der Waals surface area contributed by atoms with Crippen molar-refractivity contribution in [3.63, 3.8) is 0 Å². The molecule has 0 spiro atoms. The van der Waals surface area contributed by atoms with Gasteiger partial charge in [0, 0.05) is 31.3 Å². The first kappa shape index (κ1) is 13.8. The third kappa shape index (κ3) is 3.66. The summed E-state index contributed by atoms with van der Waals surface area (Å²) in [7, 11) is 0. The van der Waals surface area contributed by atoms with Crippen LogP contribution in [0.25, 0.3) is 0 Å². The second-order valence-corrected chi connectivity index (χ2v) is 5.07. The van der Waals surface area contributed by atoms with Gasteiger partial charge in [-0.15, -0.1) is 0 Å². The topological polar surface area (TPSA) is 49.4 Å². The molecular formula is C12H12F2N2O2S. The molecule has 0 bridgehead atoms. The standard InChI is InChI=1S/C12H12F2N2O2S/c13-8-1-2-10(9(14)7-8)15-11(17)3-4-16-5-6-19-12(16)18/h1-2,7H,3-6H2,(H,15,17). The number of rotatable bonds is 4. The Bertz CT molecular complexity index is 511. The van der Waals surface area contributed by atoms with Crippen LogP contribution in [-0.4, -0.2) is 34.9 Å². The van der Waals surface area contributed by atoms with E-state index in [2.05, 4.69) is 5.32 Å². The number of halogens is 2. The van der Waals surface area contributed by atoms with Crippen LogP contribution >= 0.6 is 11.8 Å². The fourth-order valence-corrected chi connectivity index (χ4v) is 2.52. The molecule has 1 saturated heterocycles. The fourth-order valence-electron chi connectivity index (χ4n) is 1.67. The zero-order chi connectivity index (χ0) is 13.8. The summed E-state index contributed by atoms with van der Waals surface area (Å²) in [6, 6.07) is 2.94. The predicted octanol–water partition coefficient (Wildman–Crippen LogP) is 2.46. The van der Waals surface area contributed by atoms with Crippen LogP contribution in [0.3, 0.4) is 0 Å². The molecule has 102 valence electrons. The summed E-state index contributed by atoms with van der Waals surface area (Å²) in [6.45, 7) is 0.933. The number of amides is 2. The number of nitrogens with zero attached hydrogens (tertiary/aromatic N) is 1. The van der Waals surface area contributed by atoms with Gasteiger partial charge in [0.15, 0.2) is 0 Å². The van der Waals surface area contributed by atoms with E-state index >= 15 is 0 Å². The first-order valence-corrected chi connectivity index (χ1v) is 6.71. The molecule has 4 nitrogen and oxygen atoms in total. The van der Waals surface area contributed by atoms with Gasteiger partial charge in [-0.2, -0.15) is 0 Å². The molecule has 0 aliphatic carbocycles. The Morgan fingerprint density at radius 1 is 1.42 bits per heavy atom. The van der Waals surface area contributed by atoms with Gasteiger partial charge in [0.1, 0.15) is 11.6 Å². The quantitative estimate of drug-likeness (QED) is 0.925. The molecule has 1 aromatic rings. The number of benzene rings is 1. The molecule has 0 radical (unpaired) electrons. The minimum atomic E-state index is -0.818. The third-order valence-electron chi connectivity index (χ3n) is 2.66. The summed E-state index contributed by atoms with van der Waals surface area (Å²) >= 11 is 1.22. The number of carbonyl (C=O) groups excluding carboxylic acids is 2. The fraction of sp³-hybridized carbons (Fsp3) is 0.333. The molecule has 0 unspecified atom stereocenters. The van der Waals surface area contributed by atoms with Crippen molar-refractivity contribution in [3.8, 4) is 0 Å². The molecule has 0 saturated carbocycles. The average Bonchev–Trinajstić information content (AvgIpc) is 2.76. The van der Waals surface area contributed by atoms with Crippen LogP contribution in [0.2, 0.25) is 0 Å². The lowest BCUT2D eigenvalue weighted by Gasteiger charge is -2.14. The molecule has 0 aromatic heterocycles. The second kappa shape index (κ2) is 6.01. The Labute approximate surface area is 113 Å². The smallest absolute Gasteiger partial charge is 0.281 e. The van der Waals surface area contributed by atoms with Crippen LogP contribution in [0.5, 0.6) is 0 Å². The van der Waals surface area contributed by atoms with Crippen LogP contribution in [0, 0.1) is 11.6 Å². The number of carbonyl (C=O) groups is 2. The zero-order valence-corrected chi connectivity index (χ0v) is 10.8. The van der Waals surface area contributed by atoms with Gasteiger partial charge < -0.3 is 10.2 Å². The van der Waals surface area contributed by atoms with E-state index in [1.165, 1.54) is 17.8 Å². The Morgan fingerprint density at radius 2 is 2.21 bits per heavy atom. The first-order valence-electron chi connectivity index (χ1n) is 5.73. The molecule has 1 aromatic carbocycles. The van der Waals surface area contributed by atoms with Crippen LogP contribution in [0.1, 0.15) is 6.42 Å². The largest absolute Gasteiger partial charge is 0.332 e. The van der Waals surface area contributed by atoms with Gasteiger partial charge in [0.05, 0.1) is 5.69 Å². The van der Waals surface area contributed by atoms with Crippen molar-refractivity contribution in [2.45, 2.75) is 6.42 Å². The van der Waals surface area contributed by atoms with E-state index in [4.69, 9.17) is 0 Å². The van der Waals surface area contributed by atoms with Gasteiger partial charge in [0.25, 0.3) is 5.24 Å². The number of anilines is 1. The Kier molecular flexibility index (Phi) is 4.36. The van der Waals surface area contributed by atoms with Gasteiger partial charge >= 0.3 is 0 Å². The lowest BCUT2D eigenvalue weighted by Crippen LogP contribution is -2.27. The van der Waals surface area contributed by atoms with Gasteiger partial charge in [0.2, 0.25) is 5.91 Å². The van der Waals surface area contributed by atoms with Crippen molar-refractivity contribution in [1.82, 2.24) is 4.90 Å². The molecule has 2 rings (SSSR count). The molecule has 1 fully saturated rings. The number of hydrogen-bond donors (Lipinski definition) is 1. The Balaban J connectivity index is 1.85. The van der Waals surface area contributed by atoms with E-state index in [0.29, 0.717) is 19.2 Å². The molecule has 7 heteroatoms. The third-order valence-corrected chi connectivity index (χ3v) is 3.55. The van der Waals surface area contributed by atoms with E-state index in [-0.39, 0.29) is 17.3 Å². The molecule has 1 aliphatic heterocycles. The van der Waals surface area contributed by atoms with Crippen LogP contribution in [0.4, 0.5) is 19.3 Å². The maximum absolute atomic E-state index is 13.3. The molecule has 1 heterocycles. The van der Waals surface area contributed by atoms with Gasteiger partial charge in [-0.25, -0.2) is 8.78 Å². The normalized spacial score (nSPS) is 14.8. The summed E-state index contributed by atoms with van der Waals surface area (Å²) in [4.78, 5) is 24.5. The van der Waals surface area contributed by atoms with Gasteiger partial charge in [-0.1, -0.05) is 11.8 Å². The van der Waals surface area contributed by atoms with Crippen molar-refractivity contribution in [1.29, 1.82) is 0 Å². The van der Waals surface area contributed by atoms with E-state index in [0.717, 1.165) is 11.8 Å².